The molecule has 0 saturated carbocycles. The van der Waals surface area contributed by atoms with Crippen LogP contribution >= 0.6 is 22.9 Å². The minimum absolute atomic E-state index is 0.00981. The topological polar surface area (TPSA) is 22.0 Å². The first-order valence-corrected chi connectivity index (χ1v) is 5.23. The standard InChI is InChI=1S/C9H8ClNOS/c1-6-2-3-7-8(4-6)13-9(12)11(7)5-10/h2-4H,5H2,1H3. The van der Waals surface area contributed by atoms with E-state index in [1.165, 1.54) is 11.3 Å². The van der Waals surface area contributed by atoms with E-state index in [-0.39, 0.29) is 10.9 Å². The van der Waals surface area contributed by atoms with Crippen molar-refractivity contribution < 1.29 is 0 Å². The van der Waals surface area contributed by atoms with Crippen molar-refractivity contribution in [3.05, 3.63) is 33.4 Å². The Balaban J connectivity index is 2.87. The number of nitrogens with zero attached hydrogens (tertiary/aromatic N) is 1. The first-order valence-electron chi connectivity index (χ1n) is 3.88. The molecule has 2 nitrogen and oxygen atoms in total. The van der Waals surface area contributed by atoms with Crippen molar-refractivity contribution >= 4 is 33.2 Å². The van der Waals surface area contributed by atoms with E-state index in [4.69, 9.17) is 11.6 Å². The number of thiazole rings is 1. The molecule has 0 radical (unpaired) electrons. The summed E-state index contributed by atoms with van der Waals surface area (Å²) in [5.41, 5.74) is 2.09. The monoisotopic (exact) mass is 213 g/mol. The molecular weight excluding hydrogens is 206 g/mol. The molecule has 1 aromatic carbocycles. The zero-order valence-corrected chi connectivity index (χ0v) is 8.65. The molecule has 68 valence electrons. The van der Waals surface area contributed by atoms with Gasteiger partial charge in [-0.05, 0) is 24.6 Å². The molecule has 0 saturated heterocycles. The molecule has 0 unspecified atom stereocenters. The number of fused-ring (bicyclic) bond motifs is 1. The Kier molecular flexibility index (Phi) is 2.14. The highest BCUT2D eigenvalue weighted by Crippen LogP contribution is 2.18. The summed E-state index contributed by atoms with van der Waals surface area (Å²) < 4.78 is 2.58. The lowest BCUT2D eigenvalue weighted by Gasteiger charge is -1.96. The van der Waals surface area contributed by atoms with Crippen molar-refractivity contribution in [2.45, 2.75) is 12.9 Å². The predicted molar refractivity (Wildman–Crippen MR) is 56.7 cm³/mol. The molecule has 0 aliphatic rings. The van der Waals surface area contributed by atoms with E-state index in [9.17, 15) is 4.79 Å². The van der Waals surface area contributed by atoms with E-state index in [0.717, 1.165) is 15.8 Å². The zero-order chi connectivity index (χ0) is 9.42. The summed E-state index contributed by atoms with van der Waals surface area (Å²) in [7, 11) is 0. The van der Waals surface area contributed by atoms with Crippen LogP contribution in [0.4, 0.5) is 0 Å². The van der Waals surface area contributed by atoms with Gasteiger partial charge in [0.2, 0.25) is 0 Å². The maximum Gasteiger partial charge on any atom is 0.309 e. The number of hydrogen-bond donors (Lipinski definition) is 0. The number of rotatable bonds is 1. The average molecular weight is 214 g/mol. The number of halogens is 1. The molecule has 2 rings (SSSR count). The quantitative estimate of drug-likeness (QED) is 0.668. The number of aryl methyl sites for hydroxylation is 1. The van der Waals surface area contributed by atoms with Gasteiger partial charge in [0.25, 0.3) is 0 Å². The van der Waals surface area contributed by atoms with Crippen LogP contribution in [0.3, 0.4) is 0 Å². The third-order valence-electron chi connectivity index (χ3n) is 1.94. The van der Waals surface area contributed by atoms with Crippen LogP contribution in [0.15, 0.2) is 23.0 Å². The lowest BCUT2D eigenvalue weighted by Crippen LogP contribution is -2.09. The summed E-state index contributed by atoms with van der Waals surface area (Å²) in [4.78, 5) is 11.4. The van der Waals surface area contributed by atoms with E-state index < -0.39 is 0 Å². The minimum Gasteiger partial charge on any atom is -0.284 e. The molecule has 0 atom stereocenters. The van der Waals surface area contributed by atoms with Gasteiger partial charge >= 0.3 is 4.87 Å². The molecule has 0 fully saturated rings. The predicted octanol–water partition coefficient (Wildman–Crippen LogP) is 2.57. The zero-order valence-electron chi connectivity index (χ0n) is 7.08. The van der Waals surface area contributed by atoms with Gasteiger partial charge in [-0.25, -0.2) is 0 Å². The molecule has 0 N–H and O–H groups in total. The van der Waals surface area contributed by atoms with Crippen molar-refractivity contribution in [3.63, 3.8) is 0 Å². The van der Waals surface area contributed by atoms with Crippen molar-refractivity contribution in [3.8, 4) is 0 Å². The molecule has 0 spiro atoms. The van der Waals surface area contributed by atoms with Crippen LogP contribution in [0, 0.1) is 6.92 Å². The molecule has 4 heteroatoms. The van der Waals surface area contributed by atoms with Gasteiger partial charge in [0.05, 0.1) is 10.2 Å². The molecule has 13 heavy (non-hydrogen) atoms. The Morgan fingerprint density at radius 2 is 2.31 bits per heavy atom. The normalized spacial score (nSPS) is 10.9. The second kappa shape index (κ2) is 3.16. The van der Waals surface area contributed by atoms with Gasteiger partial charge in [-0.1, -0.05) is 17.4 Å². The fourth-order valence-corrected chi connectivity index (χ4v) is 2.58. The third kappa shape index (κ3) is 1.38. The SMILES string of the molecule is Cc1ccc2c(c1)sc(=O)n2CCl. The van der Waals surface area contributed by atoms with Gasteiger partial charge < -0.3 is 0 Å². The fourth-order valence-electron chi connectivity index (χ4n) is 1.29. The Morgan fingerprint density at radius 1 is 1.54 bits per heavy atom. The number of hydrogen-bond acceptors (Lipinski definition) is 2. The van der Waals surface area contributed by atoms with Gasteiger partial charge in [0, 0.05) is 0 Å². The van der Waals surface area contributed by atoms with Gasteiger partial charge in [-0.15, -0.1) is 11.6 Å². The second-order valence-electron chi connectivity index (χ2n) is 2.89. The Hall–Kier alpha value is -0.800. The fraction of sp³-hybridized carbons (Fsp3) is 0.222. The number of alkyl halides is 1. The summed E-state index contributed by atoms with van der Waals surface area (Å²) in [5.74, 6) is 0. The Bertz CT molecular complexity index is 500. The largest absolute Gasteiger partial charge is 0.309 e. The van der Waals surface area contributed by atoms with E-state index in [1.54, 1.807) is 4.57 Å². The molecule has 0 aliphatic heterocycles. The summed E-state index contributed by atoms with van der Waals surface area (Å²) in [6.07, 6.45) is 0. The lowest BCUT2D eigenvalue weighted by atomic mass is 10.2. The molecule has 1 aromatic heterocycles. The Labute approximate surface area is 84.4 Å². The Morgan fingerprint density at radius 3 is 3.00 bits per heavy atom. The third-order valence-corrected chi connectivity index (χ3v) is 3.12. The molecule has 0 aliphatic carbocycles. The van der Waals surface area contributed by atoms with E-state index in [1.807, 2.05) is 25.1 Å². The van der Waals surface area contributed by atoms with Crippen LogP contribution in [0.1, 0.15) is 5.56 Å². The summed E-state index contributed by atoms with van der Waals surface area (Å²) in [6.45, 7) is 2.01. The van der Waals surface area contributed by atoms with Crippen LogP contribution < -0.4 is 4.87 Å². The van der Waals surface area contributed by atoms with Gasteiger partial charge in [0.15, 0.2) is 0 Å². The number of benzene rings is 1. The minimum atomic E-state index is 0.00981. The summed E-state index contributed by atoms with van der Waals surface area (Å²) in [5, 5.41) is 0. The maximum atomic E-state index is 11.4. The highest BCUT2D eigenvalue weighted by molar-refractivity contribution is 7.16. The van der Waals surface area contributed by atoms with E-state index >= 15 is 0 Å². The summed E-state index contributed by atoms with van der Waals surface area (Å²) in [6, 6.07) is 6.15. The summed E-state index contributed by atoms with van der Waals surface area (Å²) >= 11 is 6.90. The first-order chi connectivity index (χ1) is 6.22. The van der Waals surface area contributed by atoms with Crippen LogP contribution in [0.2, 0.25) is 0 Å². The van der Waals surface area contributed by atoms with Crippen LogP contribution in [-0.4, -0.2) is 4.57 Å². The van der Waals surface area contributed by atoms with Crippen LogP contribution in [0.25, 0.3) is 10.2 Å². The average Bonchev–Trinajstić information content (AvgIpc) is 2.39. The van der Waals surface area contributed by atoms with Crippen molar-refractivity contribution in [2.75, 3.05) is 0 Å². The molecule has 0 bridgehead atoms. The first kappa shape index (κ1) is 8.78. The van der Waals surface area contributed by atoms with E-state index in [2.05, 4.69) is 0 Å². The van der Waals surface area contributed by atoms with Crippen LogP contribution in [-0.2, 0) is 6.00 Å². The number of aromatic nitrogens is 1. The van der Waals surface area contributed by atoms with Gasteiger partial charge in [-0.3, -0.25) is 9.36 Å². The highest BCUT2D eigenvalue weighted by atomic mass is 35.5. The molecule has 2 aromatic rings. The smallest absolute Gasteiger partial charge is 0.284 e. The van der Waals surface area contributed by atoms with Crippen molar-refractivity contribution in [1.29, 1.82) is 0 Å². The highest BCUT2D eigenvalue weighted by Gasteiger charge is 2.05. The van der Waals surface area contributed by atoms with Crippen molar-refractivity contribution in [1.82, 2.24) is 4.57 Å². The van der Waals surface area contributed by atoms with Gasteiger partial charge in [-0.2, -0.15) is 0 Å². The molecular formula is C9H8ClNOS. The molecule has 0 amide bonds. The van der Waals surface area contributed by atoms with E-state index in [0.29, 0.717) is 0 Å². The van der Waals surface area contributed by atoms with Crippen LogP contribution in [0.5, 0.6) is 0 Å². The maximum absolute atomic E-state index is 11.4. The van der Waals surface area contributed by atoms with Gasteiger partial charge in [0.1, 0.15) is 6.00 Å². The molecule has 1 heterocycles. The second-order valence-corrected chi connectivity index (χ2v) is 4.12. The lowest BCUT2D eigenvalue weighted by molar-refractivity contribution is 0.904. The van der Waals surface area contributed by atoms with Crippen molar-refractivity contribution in [2.24, 2.45) is 0 Å².